The van der Waals surface area contributed by atoms with Crippen LogP contribution in [0.1, 0.15) is 30.2 Å². The van der Waals surface area contributed by atoms with Crippen molar-refractivity contribution in [1.82, 2.24) is 5.32 Å². The van der Waals surface area contributed by atoms with E-state index in [2.05, 4.69) is 23.7 Å². The van der Waals surface area contributed by atoms with Crippen molar-refractivity contribution in [3.05, 3.63) is 21.9 Å². The van der Waals surface area contributed by atoms with Gasteiger partial charge in [0.25, 0.3) is 0 Å². The minimum atomic E-state index is -0.552. The molecular formula is C11H16N2OS. The first-order valence-electron chi connectivity index (χ1n) is 5.28. The van der Waals surface area contributed by atoms with Gasteiger partial charge in [-0.25, -0.2) is 0 Å². The summed E-state index contributed by atoms with van der Waals surface area (Å²) in [4.78, 5) is 12.8. The van der Waals surface area contributed by atoms with Crippen LogP contribution in [-0.2, 0) is 17.8 Å². The Morgan fingerprint density at radius 3 is 3.00 bits per heavy atom. The van der Waals surface area contributed by atoms with E-state index >= 15 is 0 Å². The van der Waals surface area contributed by atoms with Gasteiger partial charge in [-0.1, -0.05) is 6.92 Å². The summed E-state index contributed by atoms with van der Waals surface area (Å²) in [5, 5.41) is 4.97. The molecule has 0 aliphatic heterocycles. The zero-order valence-corrected chi connectivity index (χ0v) is 9.69. The molecule has 4 heteroatoms. The van der Waals surface area contributed by atoms with E-state index in [1.807, 2.05) is 0 Å². The van der Waals surface area contributed by atoms with E-state index in [-0.39, 0.29) is 5.91 Å². The molecule has 1 heterocycles. The van der Waals surface area contributed by atoms with Crippen molar-refractivity contribution in [3.63, 3.8) is 0 Å². The van der Waals surface area contributed by atoms with Gasteiger partial charge in [-0.2, -0.15) is 0 Å². The van der Waals surface area contributed by atoms with Crippen molar-refractivity contribution in [3.8, 4) is 0 Å². The minimum absolute atomic E-state index is 0.00190. The number of hydrogen-bond acceptors (Lipinski definition) is 3. The molecule has 1 fully saturated rings. The highest BCUT2D eigenvalue weighted by Crippen LogP contribution is 2.32. The van der Waals surface area contributed by atoms with Crippen molar-refractivity contribution in [2.24, 2.45) is 5.73 Å². The molecule has 0 bridgehead atoms. The van der Waals surface area contributed by atoms with Crippen molar-refractivity contribution >= 4 is 17.2 Å². The molecule has 1 aromatic heterocycles. The van der Waals surface area contributed by atoms with Gasteiger partial charge < -0.3 is 11.1 Å². The summed E-state index contributed by atoms with van der Waals surface area (Å²) in [6.45, 7) is 2.75. The monoisotopic (exact) mass is 224 g/mol. The fourth-order valence-electron chi connectivity index (χ4n) is 1.54. The highest BCUT2D eigenvalue weighted by molar-refractivity contribution is 7.10. The van der Waals surface area contributed by atoms with Crippen molar-refractivity contribution in [2.75, 3.05) is 0 Å². The molecule has 0 unspecified atom stereocenters. The summed E-state index contributed by atoms with van der Waals surface area (Å²) in [6, 6.07) is 2.11. The minimum Gasteiger partial charge on any atom is -0.350 e. The molecule has 3 nitrogen and oxygen atoms in total. The summed E-state index contributed by atoms with van der Waals surface area (Å²) in [5.41, 5.74) is 6.56. The standard InChI is InChI=1S/C11H16N2OS/c1-2-8-3-6-15-9(8)7-13-10(14)11(12)4-5-11/h3,6H,2,4-5,7,12H2,1H3,(H,13,14). The number of thiophene rings is 1. The van der Waals surface area contributed by atoms with Gasteiger partial charge in [0.15, 0.2) is 0 Å². The third-order valence-corrected chi connectivity index (χ3v) is 3.83. The van der Waals surface area contributed by atoms with Crippen LogP contribution in [0.4, 0.5) is 0 Å². The Morgan fingerprint density at radius 2 is 2.40 bits per heavy atom. The second kappa shape index (κ2) is 3.94. The van der Waals surface area contributed by atoms with Crippen LogP contribution in [0.3, 0.4) is 0 Å². The van der Waals surface area contributed by atoms with Crippen LogP contribution < -0.4 is 11.1 Å². The molecule has 0 atom stereocenters. The first kappa shape index (κ1) is 10.6. The topological polar surface area (TPSA) is 55.1 Å². The number of carbonyl (C=O) groups is 1. The van der Waals surface area contributed by atoms with Crippen LogP contribution in [0.5, 0.6) is 0 Å². The van der Waals surface area contributed by atoms with E-state index < -0.39 is 5.54 Å². The number of carbonyl (C=O) groups excluding carboxylic acids is 1. The maximum Gasteiger partial charge on any atom is 0.240 e. The lowest BCUT2D eigenvalue weighted by Crippen LogP contribution is -2.42. The zero-order valence-electron chi connectivity index (χ0n) is 8.88. The summed E-state index contributed by atoms with van der Waals surface area (Å²) in [5.74, 6) is -0.00190. The van der Waals surface area contributed by atoms with E-state index in [0.29, 0.717) is 6.54 Å². The summed E-state index contributed by atoms with van der Waals surface area (Å²) in [7, 11) is 0. The first-order chi connectivity index (χ1) is 7.15. The van der Waals surface area contributed by atoms with E-state index in [0.717, 1.165) is 19.3 Å². The Hall–Kier alpha value is -0.870. The molecule has 0 radical (unpaired) electrons. The number of nitrogens with one attached hydrogen (secondary N) is 1. The van der Waals surface area contributed by atoms with E-state index in [1.165, 1.54) is 10.4 Å². The van der Waals surface area contributed by atoms with Gasteiger partial charge >= 0.3 is 0 Å². The summed E-state index contributed by atoms with van der Waals surface area (Å²) in [6.07, 6.45) is 2.66. The quantitative estimate of drug-likeness (QED) is 0.812. The molecule has 2 rings (SSSR count). The fraction of sp³-hybridized carbons (Fsp3) is 0.545. The Labute approximate surface area is 93.7 Å². The summed E-state index contributed by atoms with van der Waals surface area (Å²) >= 11 is 1.69. The predicted molar refractivity (Wildman–Crippen MR) is 61.7 cm³/mol. The summed E-state index contributed by atoms with van der Waals surface area (Å²) < 4.78 is 0. The first-order valence-corrected chi connectivity index (χ1v) is 6.16. The number of rotatable bonds is 4. The lowest BCUT2D eigenvalue weighted by Gasteiger charge is -2.09. The molecule has 15 heavy (non-hydrogen) atoms. The Kier molecular flexibility index (Phi) is 2.80. The molecule has 0 saturated heterocycles. The average Bonchev–Trinajstić information content (AvgIpc) is 2.83. The second-order valence-electron chi connectivity index (χ2n) is 4.06. The second-order valence-corrected chi connectivity index (χ2v) is 5.06. The number of aryl methyl sites for hydroxylation is 1. The van der Waals surface area contributed by atoms with Gasteiger partial charge in [0, 0.05) is 4.88 Å². The van der Waals surface area contributed by atoms with Crippen LogP contribution in [0.15, 0.2) is 11.4 Å². The van der Waals surface area contributed by atoms with Crippen molar-refractivity contribution < 1.29 is 4.79 Å². The number of hydrogen-bond donors (Lipinski definition) is 2. The Balaban J connectivity index is 1.90. The lowest BCUT2D eigenvalue weighted by atomic mass is 10.2. The molecule has 1 saturated carbocycles. The van der Waals surface area contributed by atoms with Gasteiger partial charge in [-0.05, 0) is 36.3 Å². The molecule has 1 aromatic rings. The Morgan fingerprint density at radius 1 is 1.67 bits per heavy atom. The van der Waals surface area contributed by atoms with Gasteiger partial charge in [0.1, 0.15) is 0 Å². The van der Waals surface area contributed by atoms with E-state index in [4.69, 9.17) is 5.73 Å². The van der Waals surface area contributed by atoms with Crippen LogP contribution in [0.2, 0.25) is 0 Å². The average molecular weight is 224 g/mol. The van der Waals surface area contributed by atoms with Gasteiger partial charge in [-0.15, -0.1) is 11.3 Å². The van der Waals surface area contributed by atoms with Crippen molar-refractivity contribution in [2.45, 2.75) is 38.3 Å². The molecule has 0 aromatic carbocycles. The van der Waals surface area contributed by atoms with Gasteiger partial charge in [-0.3, -0.25) is 4.79 Å². The molecule has 82 valence electrons. The van der Waals surface area contributed by atoms with Gasteiger partial charge in [0.05, 0.1) is 12.1 Å². The lowest BCUT2D eigenvalue weighted by molar-refractivity contribution is -0.123. The predicted octanol–water partition coefficient (Wildman–Crippen LogP) is 1.42. The third kappa shape index (κ3) is 2.21. The largest absolute Gasteiger partial charge is 0.350 e. The van der Waals surface area contributed by atoms with Gasteiger partial charge in [0.2, 0.25) is 5.91 Å². The highest BCUT2D eigenvalue weighted by Gasteiger charge is 2.45. The Bertz CT molecular complexity index is 368. The van der Waals surface area contributed by atoms with Crippen molar-refractivity contribution in [1.29, 1.82) is 0 Å². The van der Waals surface area contributed by atoms with Crippen LogP contribution in [-0.4, -0.2) is 11.4 Å². The number of amides is 1. The molecule has 1 aliphatic rings. The smallest absolute Gasteiger partial charge is 0.240 e. The van der Waals surface area contributed by atoms with Crippen LogP contribution in [0, 0.1) is 0 Å². The van der Waals surface area contributed by atoms with Crippen LogP contribution in [0.25, 0.3) is 0 Å². The molecule has 3 N–H and O–H groups in total. The number of nitrogens with two attached hydrogens (primary N) is 1. The zero-order chi connectivity index (χ0) is 10.9. The highest BCUT2D eigenvalue weighted by atomic mass is 32.1. The fourth-order valence-corrected chi connectivity index (χ4v) is 2.45. The maximum atomic E-state index is 11.6. The maximum absolute atomic E-state index is 11.6. The normalized spacial score (nSPS) is 17.5. The SMILES string of the molecule is CCc1ccsc1CNC(=O)C1(N)CC1. The molecule has 0 spiro atoms. The third-order valence-electron chi connectivity index (χ3n) is 2.87. The molecular weight excluding hydrogens is 208 g/mol. The van der Waals surface area contributed by atoms with E-state index in [9.17, 15) is 4.79 Å². The molecule has 1 aliphatic carbocycles. The molecule has 1 amide bonds. The van der Waals surface area contributed by atoms with E-state index in [1.54, 1.807) is 11.3 Å². The van der Waals surface area contributed by atoms with Crippen LogP contribution >= 0.6 is 11.3 Å².